The number of hydrogen-bond donors (Lipinski definition) is 0. The Labute approximate surface area is 95.3 Å². The Balaban J connectivity index is 0.00000112. The van der Waals surface area contributed by atoms with Crippen molar-refractivity contribution in [3.8, 4) is 0 Å². The normalized spacial score (nSPS) is 15.7. The fourth-order valence-electron chi connectivity index (χ4n) is 1.60. The second kappa shape index (κ2) is 5.56. The zero-order valence-corrected chi connectivity index (χ0v) is 9.19. The topological polar surface area (TPSA) is 36.4 Å². The van der Waals surface area contributed by atoms with Crippen molar-refractivity contribution in [2.45, 2.75) is 0 Å². The molecule has 0 unspecified atom stereocenters. The van der Waals surface area contributed by atoms with Crippen LogP contribution in [0.2, 0.25) is 0 Å². The smallest absolute Gasteiger partial charge is 0.209 e. The maximum absolute atomic E-state index is 10.5. The first-order valence-corrected chi connectivity index (χ1v) is 4.75. The quantitative estimate of drug-likeness (QED) is 0.701. The van der Waals surface area contributed by atoms with Crippen molar-refractivity contribution in [1.29, 1.82) is 0 Å². The summed E-state index contributed by atoms with van der Waals surface area (Å²) in [5.41, 5.74) is 0. The molecule has 0 saturated carbocycles. The first kappa shape index (κ1) is 11.8. The van der Waals surface area contributed by atoms with Gasteiger partial charge in [0.15, 0.2) is 0 Å². The summed E-state index contributed by atoms with van der Waals surface area (Å²) in [5.74, 6) is 0.998. The molecule has 1 aromatic heterocycles. The number of pyridine rings is 1. The van der Waals surface area contributed by atoms with Gasteiger partial charge < -0.3 is 9.80 Å². The van der Waals surface area contributed by atoms with Crippen LogP contribution >= 0.6 is 12.4 Å². The van der Waals surface area contributed by atoms with Crippen LogP contribution in [0.25, 0.3) is 0 Å². The highest BCUT2D eigenvalue weighted by molar-refractivity contribution is 5.85. The molecule has 1 saturated heterocycles. The van der Waals surface area contributed by atoms with Gasteiger partial charge in [-0.2, -0.15) is 0 Å². The van der Waals surface area contributed by atoms with Crippen LogP contribution in [-0.2, 0) is 4.79 Å². The molecule has 15 heavy (non-hydrogen) atoms. The molecule has 1 aliphatic rings. The third-order valence-electron chi connectivity index (χ3n) is 2.44. The largest absolute Gasteiger partial charge is 0.353 e. The van der Waals surface area contributed by atoms with Crippen molar-refractivity contribution in [2.24, 2.45) is 0 Å². The molecule has 0 bridgehead atoms. The van der Waals surface area contributed by atoms with Gasteiger partial charge in [0.2, 0.25) is 6.41 Å². The number of halogens is 1. The number of aromatic nitrogens is 1. The molecule has 2 heterocycles. The summed E-state index contributed by atoms with van der Waals surface area (Å²) in [6, 6.07) is 5.89. The molecule has 1 amide bonds. The van der Waals surface area contributed by atoms with Gasteiger partial charge in [-0.1, -0.05) is 6.07 Å². The second-order valence-electron chi connectivity index (χ2n) is 3.32. The van der Waals surface area contributed by atoms with Crippen LogP contribution in [-0.4, -0.2) is 42.5 Å². The minimum atomic E-state index is 0. The van der Waals surface area contributed by atoms with Gasteiger partial charge in [0, 0.05) is 32.4 Å². The average Bonchev–Trinajstić information content (AvgIpc) is 2.30. The highest BCUT2D eigenvalue weighted by Crippen LogP contribution is 2.11. The zero-order valence-electron chi connectivity index (χ0n) is 8.37. The van der Waals surface area contributed by atoms with E-state index in [9.17, 15) is 4.79 Å². The molecule has 4 nitrogen and oxygen atoms in total. The monoisotopic (exact) mass is 227 g/mol. The van der Waals surface area contributed by atoms with E-state index < -0.39 is 0 Å². The van der Waals surface area contributed by atoms with Gasteiger partial charge in [0.05, 0.1) is 0 Å². The average molecular weight is 228 g/mol. The fraction of sp³-hybridized carbons (Fsp3) is 0.400. The number of anilines is 1. The van der Waals surface area contributed by atoms with E-state index in [0.717, 1.165) is 38.4 Å². The van der Waals surface area contributed by atoms with Crippen molar-refractivity contribution in [3.05, 3.63) is 24.4 Å². The van der Waals surface area contributed by atoms with Crippen LogP contribution in [0.4, 0.5) is 5.82 Å². The zero-order chi connectivity index (χ0) is 9.80. The summed E-state index contributed by atoms with van der Waals surface area (Å²) in [7, 11) is 0. The first-order valence-electron chi connectivity index (χ1n) is 4.75. The molecule has 1 fully saturated rings. The summed E-state index contributed by atoms with van der Waals surface area (Å²) >= 11 is 0. The van der Waals surface area contributed by atoms with Crippen LogP contribution in [0.3, 0.4) is 0 Å². The molecule has 82 valence electrons. The predicted octanol–water partition coefficient (Wildman–Crippen LogP) is 0.782. The predicted molar refractivity (Wildman–Crippen MR) is 61.3 cm³/mol. The van der Waals surface area contributed by atoms with Crippen molar-refractivity contribution >= 4 is 24.6 Å². The van der Waals surface area contributed by atoms with E-state index in [0.29, 0.717) is 0 Å². The number of rotatable bonds is 2. The molecular weight excluding hydrogens is 214 g/mol. The number of piperazine rings is 1. The van der Waals surface area contributed by atoms with Crippen LogP contribution in [0.1, 0.15) is 0 Å². The molecule has 0 aliphatic carbocycles. The fourth-order valence-corrected chi connectivity index (χ4v) is 1.60. The van der Waals surface area contributed by atoms with E-state index >= 15 is 0 Å². The summed E-state index contributed by atoms with van der Waals surface area (Å²) < 4.78 is 0. The number of nitrogens with zero attached hydrogens (tertiary/aromatic N) is 3. The van der Waals surface area contributed by atoms with E-state index in [2.05, 4.69) is 9.88 Å². The maximum atomic E-state index is 10.5. The Morgan fingerprint density at radius 1 is 1.20 bits per heavy atom. The Morgan fingerprint density at radius 2 is 1.93 bits per heavy atom. The molecule has 0 aromatic carbocycles. The summed E-state index contributed by atoms with van der Waals surface area (Å²) in [5, 5.41) is 0. The van der Waals surface area contributed by atoms with Crippen LogP contribution in [0.5, 0.6) is 0 Å². The number of carbonyl (C=O) groups is 1. The third-order valence-corrected chi connectivity index (χ3v) is 2.44. The molecule has 1 aliphatic heterocycles. The Hall–Kier alpha value is -1.29. The van der Waals surface area contributed by atoms with Gasteiger partial charge >= 0.3 is 0 Å². The number of hydrogen-bond acceptors (Lipinski definition) is 3. The van der Waals surface area contributed by atoms with Gasteiger partial charge in [0.25, 0.3) is 0 Å². The van der Waals surface area contributed by atoms with Crippen molar-refractivity contribution < 1.29 is 4.79 Å². The highest BCUT2D eigenvalue weighted by atomic mass is 35.5. The highest BCUT2D eigenvalue weighted by Gasteiger charge is 2.15. The lowest BCUT2D eigenvalue weighted by Gasteiger charge is -2.33. The molecular formula is C10H14ClN3O. The van der Waals surface area contributed by atoms with E-state index in [1.54, 1.807) is 11.1 Å². The minimum absolute atomic E-state index is 0. The van der Waals surface area contributed by atoms with Gasteiger partial charge in [0.1, 0.15) is 5.82 Å². The number of amides is 1. The third kappa shape index (κ3) is 2.83. The molecule has 0 spiro atoms. The summed E-state index contributed by atoms with van der Waals surface area (Å²) in [6.45, 7) is 3.33. The number of carbonyl (C=O) groups excluding carboxylic acids is 1. The molecule has 0 atom stereocenters. The summed E-state index contributed by atoms with van der Waals surface area (Å²) in [6.07, 6.45) is 2.71. The van der Waals surface area contributed by atoms with Gasteiger partial charge in [-0.25, -0.2) is 4.98 Å². The van der Waals surface area contributed by atoms with Gasteiger partial charge in [-0.3, -0.25) is 4.79 Å². The van der Waals surface area contributed by atoms with E-state index in [4.69, 9.17) is 0 Å². The Bertz CT molecular complexity index is 299. The SMILES string of the molecule is Cl.O=CN1CCN(c2ccccn2)CC1. The summed E-state index contributed by atoms with van der Waals surface area (Å²) in [4.78, 5) is 18.8. The van der Waals surface area contributed by atoms with Crippen molar-refractivity contribution in [3.63, 3.8) is 0 Å². The van der Waals surface area contributed by atoms with Crippen LogP contribution < -0.4 is 4.90 Å². The van der Waals surface area contributed by atoms with Crippen molar-refractivity contribution in [2.75, 3.05) is 31.1 Å². The lowest BCUT2D eigenvalue weighted by atomic mass is 10.3. The Kier molecular flexibility index (Phi) is 4.37. The van der Waals surface area contributed by atoms with Gasteiger partial charge in [-0.05, 0) is 12.1 Å². The lowest BCUT2D eigenvalue weighted by Crippen LogP contribution is -2.45. The molecule has 0 radical (unpaired) electrons. The van der Waals surface area contributed by atoms with Crippen LogP contribution in [0, 0.1) is 0 Å². The van der Waals surface area contributed by atoms with E-state index in [-0.39, 0.29) is 12.4 Å². The molecule has 1 aromatic rings. The first-order chi connectivity index (χ1) is 6.90. The van der Waals surface area contributed by atoms with E-state index in [1.165, 1.54) is 0 Å². The standard InChI is InChI=1S/C10H13N3O.ClH/c14-9-12-5-7-13(8-6-12)10-3-1-2-4-11-10;/h1-4,9H,5-8H2;1H. The second-order valence-corrected chi connectivity index (χ2v) is 3.32. The Morgan fingerprint density at radius 3 is 2.47 bits per heavy atom. The maximum Gasteiger partial charge on any atom is 0.209 e. The molecule has 2 rings (SSSR count). The van der Waals surface area contributed by atoms with Gasteiger partial charge in [-0.15, -0.1) is 12.4 Å². The van der Waals surface area contributed by atoms with Crippen LogP contribution in [0.15, 0.2) is 24.4 Å². The van der Waals surface area contributed by atoms with Crippen molar-refractivity contribution in [1.82, 2.24) is 9.88 Å². The van der Waals surface area contributed by atoms with E-state index in [1.807, 2.05) is 18.2 Å². The molecule has 0 N–H and O–H groups in total. The molecule has 5 heteroatoms. The minimum Gasteiger partial charge on any atom is -0.353 e. The lowest BCUT2D eigenvalue weighted by molar-refractivity contribution is -0.118.